The Morgan fingerprint density at radius 2 is 1.86 bits per heavy atom. The normalized spacial score (nSPS) is 11.8. The van der Waals surface area contributed by atoms with Crippen molar-refractivity contribution in [3.05, 3.63) is 65.0 Å². The quantitative estimate of drug-likeness (QED) is 0.606. The Balaban J connectivity index is 1.56. The van der Waals surface area contributed by atoms with Crippen LogP contribution in [0.1, 0.15) is 31.7 Å². The van der Waals surface area contributed by atoms with Crippen LogP contribution >= 0.6 is 11.6 Å². The Hall–Kier alpha value is -2.86. The fraction of sp³-hybridized carbons (Fsp3) is 0.286. The van der Waals surface area contributed by atoms with Crippen LogP contribution < -0.4 is 10.1 Å². The Morgan fingerprint density at radius 3 is 2.50 bits per heavy atom. The van der Waals surface area contributed by atoms with Gasteiger partial charge in [-0.05, 0) is 54.8 Å². The molecule has 1 aromatic heterocycles. The molecule has 3 rings (SSSR count). The number of benzene rings is 2. The van der Waals surface area contributed by atoms with Gasteiger partial charge in [0.1, 0.15) is 5.75 Å². The van der Waals surface area contributed by atoms with Crippen molar-refractivity contribution in [2.24, 2.45) is 0 Å². The highest BCUT2D eigenvalue weighted by atomic mass is 35.5. The van der Waals surface area contributed by atoms with Crippen molar-refractivity contribution in [1.82, 2.24) is 15.5 Å². The number of ether oxygens (including phenoxy) is 1. The zero-order chi connectivity index (χ0) is 19.9. The van der Waals surface area contributed by atoms with E-state index in [2.05, 4.69) is 22.4 Å². The van der Waals surface area contributed by atoms with E-state index >= 15 is 0 Å². The lowest BCUT2D eigenvalue weighted by Gasteiger charge is -2.17. The second-order valence-corrected chi connectivity index (χ2v) is 6.69. The number of amides is 1. The van der Waals surface area contributed by atoms with Gasteiger partial charge in [0.05, 0.1) is 6.54 Å². The summed E-state index contributed by atoms with van der Waals surface area (Å²) in [6.07, 6.45) is 0.910. The second kappa shape index (κ2) is 9.37. The third-order valence-electron chi connectivity index (χ3n) is 4.26. The maximum Gasteiger partial charge on any atom is 0.261 e. The van der Waals surface area contributed by atoms with E-state index in [-0.39, 0.29) is 12.5 Å². The number of hydrogen-bond acceptors (Lipinski definition) is 5. The third-order valence-corrected chi connectivity index (χ3v) is 4.51. The van der Waals surface area contributed by atoms with Crippen LogP contribution in [0.4, 0.5) is 0 Å². The van der Waals surface area contributed by atoms with Crippen LogP contribution in [0.15, 0.2) is 53.1 Å². The SMILES string of the molecule is CCc1ccc(OC(CC)C(=O)NCc2nc(-c3ccc(Cl)cc3)no2)cc1. The first-order valence-electron chi connectivity index (χ1n) is 9.20. The summed E-state index contributed by atoms with van der Waals surface area (Å²) in [5.74, 6) is 1.20. The number of carbonyl (C=O) groups excluding carboxylic acids is 1. The summed E-state index contributed by atoms with van der Waals surface area (Å²) in [6, 6.07) is 14.9. The van der Waals surface area contributed by atoms with Gasteiger partial charge < -0.3 is 14.6 Å². The van der Waals surface area contributed by atoms with E-state index in [9.17, 15) is 4.79 Å². The number of halogens is 1. The molecule has 0 aliphatic heterocycles. The van der Waals surface area contributed by atoms with Crippen molar-refractivity contribution in [1.29, 1.82) is 0 Å². The second-order valence-electron chi connectivity index (χ2n) is 6.25. The molecule has 28 heavy (non-hydrogen) atoms. The molecule has 0 aliphatic carbocycles. The van der Waals surface area contributed by atoms with E-state index in [0.29, 0.717) is 28.9 Å². The van der Waals surface area contributed by atoms with E-state index in [1.807, 2.05) is 31.2 Å². The minimum Gasteiger partial charge on any atom is -0.481 e. The molecule has 2 aromatic carbocycles. The highest BCUT2D eigenvalue weighted by Gasteiger charge is 2.19. The lowest BCUT2D eigenvalue weighted by molar-refractivity contribution is -0.128. The molecule has 146 valence electrons. The number of aryl methyl sites for hydroxylation is 1. The van der Waals surface area contributed by atoms with E-state index in [1.54, 1.807) is 24.3 Å². The molecule has 6 nitrogen and oxygen atoms in total. The lowest BCUT2D eigenvalue weighted by atomic mass is 10.2. The Labute approximate surface area is 168 Å². The van der Waals surface area contributed by atoms with Gasteiger partial charge in [-0.1, -0.05) is 42.7 Å². The number of carbonyl (C=O) groups is 1. The molecule has 1 amide bonds. The maximum absolute atomic E-state index is 12.4. The van der Waals surface area contributed by atoms with Crippen LogP contribution in [0.2, 0.25) is 5.02 Å². The fourth-order valence-electron chi connectivity index (χ4n) is 2.61. The largest absolute Gasteiger partial charge is 0.481 e. The minimum absolute atomic E-state index is 0.133. The van der Waals surface area contributed by atoms with E-state index < -0.39 is 6.10 Å². The van der Waals surface area contributed by atoms with Crippen molar-refractivity contribution in [3.8, 4) is 17.1 Å². The van der Waals surface area contributed by atoms with E-state index in [1.165, 1.54) is 5.56 Å². The first-order valence-corrected chi connectivity index (χ1v) is 9.58. The van der Waals surface area contributed by atoms with Crippen LogP contribution in [0, 0.1) is 0 Å². The van der Waals surface area contributed by atoms with Gasteiger partial charge in [-0.25, -0.2) is 0 Å². The maximum atomic E-state index is 12.4. The summed E-state index contributed by atoms with van der Waals surface area (Å²) in [6.45, 7) is 4.12. The Bertz CT molecular complexity index is 907. The lowest BCUT2D eigenvalue weighted by Crippen LogP contribution is -2.37. The first-order chi connectivity index (χ1) is 13.6. The van der Waals surface area contributed by atoms with E-state index in [0.717, 1.165) is 12.0 Å². The Morgan fingerprint density at radius 1 is 1.14 bits per heavy atom. The molecule has 1 heterocycles. The molecule has 0 saturated carbocycles. The summed E-state index contributed by atoms with van der Waals surface area (Å²) >= 11 is 5.88. The molecule has 0 spiro atoms. The summed E-state index contributed by atoms with van der Waals surface area (Å²) in [7, 11) is 0. The molecule has 0 bridgehead atoms. The predicted octanol–water partition coefficient (Wildman–Crippen LogP) is 4.43. The summed E-state index contributed by atoms with van der Waals surface area (Å²) in [4.78, 5) is 16.7. The standard InChI is InChI=1S/C21H22ClN3O3/c1-3-14-5-11-17(12-6-14)27-18(4-2)21(26)23-13-19-24-20(25-28-19)15-7-9-16(22)10-8-15/h5-12,18H,3-4,13H2,1-2H3,(H,23,26). The van der Waals surface area contributed by atoms with Crippen LogP contribution in [0.5, 0.6) is 5.75 Å². The molecular formula is C21H22ClN3O3. The average Bonchev–Trinajstić information content (AvgIpc) is 3.20. The fourth-order valence-corrected chi connectivity index (χ4v) is 2.74. The highest BCUT2D eigenvalue weighted by Crippen LogP contribution is 2.19. The zero-order valence-electron chi connectivity index (χ0n) is 15.8. The summed E-state index contributed by atoms with van der Waals surface area (Å²) < 4.78 is 11.0. The van der Waals surface area contributed by atoms with Gasteiger partial charge in [0.25, 0.3) is 5.91 Å². The zero-order valence-corrected chi connectivity index (χ0v) is 16.6. The van der Waals surface area contributed by atoms with Crippen LogP contribution in [-0.2, 0) is 17.8 Å². The summed E-state index contributed by atoms with van der Waals surface area (Å²) in [5.41, 5.74) is 2.01. The molecular weight excluding hydrogens is 378 g/mol. The van der Waals surface area contributed by atoms with Crippen LogP contribution in [-0.4, -0.2) is 22.2 Å². The highest BCUT2D eigenvalue weighted by molar-refractivity contribution is 6.30. The van der Waals surface area contributed by atoms with Crippen molar-refractivity contribution in [2.45, 2.75) is 39.3 Å². The van der Waals surface area contributed by atoms with Gasteiger partial charge in [-0.15, -0.1) is 0 Å². The predicted molar refractivity (Wildman–Crippen MR) is 107 cm³/mol. The number of rotatable bonds is 8. The minimum atomic E-state index is -0.592. The molecule has 7 heteroatoms. The van der Waals surface area contributed by atoms with Gasteiger partial charge in [0, 0.05) is 10.6 Å². The smallest absolute Gasteiger partial charge is 0.261 e. The van der Waals surface area contributed by atoms with Gasteiger partial charge in [-0.3, -0.25) is 4.79 Å². The van der Waals surface area contributed by atoms with Crippen molar-refractivity contribution >= 4 is 17.5 Å². The molecule has 0 radical (unpaired) electrons. The number of nitrogens with one attached hydrogen (secondary N) is 1. The van der Waals surface area contributed by atoms with E-state index in [4.69, 9.17) is 20.9 Å². The molecule has 0 aliphatic rings. The van der Waals surface area contributed by atoms with Gasteiger partial charge >= 0.3 is 0 Å². The average molecular weight is 400 g/mol. The molecule has 1 N–H and O–H groups in total. The molecule has 0 fully saturated rings. The van der Waals surface area contributed by atoms with Gasteiger partial charge in [-0.2, -0.15) is 4.98 Å². The summed E-state index contributed by atoms with van der Waals surface area (Å²) in [5, 5.41) is 7.35. The van der Waals surface area contributed by atoms with Crippen LogP contribution in [0.25, 0.3) is 11.4 Å². The van der Waals surface area contributed by atoms with Crippen molar-refractivity contribution < 1.29 is 14.1 Å². The number of aromatic nitrogens is 2. The molecule has 1 unspecified atom stereocenters. The van der Waals surface area contributed by atoms with Gasteiger partial charge in [0.2, 0.25) is 11.7 Å². The topological polar surface area (TPSA) is 77.2 Å². The number of nitrogens with zero attached hydrogens (tertiary/aromatic N) is 2. The molecule has 3 aromatic rings. The molecule has 1 atom stereocenters. The monoisotopic (exact) mass is 399 g/mol. The number of hydrogen-bond donors (Lipinski definition) is 1. The third kappa shape index (κ3) is 5.10. The van der Waals surface area contributed by atoms with Crippen molar-refractivity contribution in [2.75, 3.05) is 0 Å². The first kappa shape index (κ1) is 19.9. The van der Waals surface area contributed by atoms with Crippen LogP contribution in [0.3, 0.4) is 0 Å². The Kier molecular flexibility index (Phi) is 6.66. The molecule has 0 saturated heterocycles. The van der Waals surface area contributed by atoms with Crippen molar-refractivity contribution in [3.63, 3.8) is 0 Å². The van der Waals surface area contributed by atoms with Gasteiger partial charge in [0.15, 0.2) is 6.10 Å².